The molecule has 0 saturated carbocycles. The summed E-state index contributed by atoms with van der Waals surface area (Å²) < 4.78 is 0. The molecule has 0 saturated heterocycles. The van der Waals surface area contributed by atoms with Crippen LogP contribution in [0, 0.1) is 0 Å². The Morgan fingerprint density at radius 1 is 1.20 bits per heavy atom. The van der Waals surface area contributed by atoms with Crippen molar-refractivity contribution in [3.63, 3.8) is 0 Å². The Labute approximate surface area is 119 Å². The molecule has 0 N–H and O–H groups in total. The molecule has 20 heavy (non-hydrogen) atoms. The van der Waals surface area contributed by atoms with E-state index in [1.807, 2.05) is 29.2 Å². The van der Waals surface area contributed by atoms with E-state index in [2.05, 4.69) is 17.1 Å². The van der Waals surface area contributed by atoms with Crippen LogP contribution in [0.4, 0.5) is 5.69 Å². The van der Waals surface area contributed by atoms with Gasteiger partial charge in [0.1, 0.15) is 0 Å². The fourth-order valence-electron chi connectivity index (χ4n) is 2.70. The minimum atomic E-state index is 0.215. The predicted molar refractivity (Wildman–Crippen MR) is 79.7 cm³/mol. The minimum Gasteiger partial charge on any atom is -0.310 e. The molecule has 1 aromatic carbocycles. The van der Waals surface area contributed by atoms with E-state index in [1.165, 1.54) is 11.1 Å². The Balaban J connectivity index is 1.56. The third-order valence-corrected chi connectivity index (χ3v) is 3.78. The molecule has 0 aliphatic carbocycles. The number of hydrogen-bond donors (Lipinski definition) is 0. The summed E-state index contributed by atoms with van der Waals surface area (Å²) in [6, 6.07) is 12.3. The standard InChI is InChI=1S/C17H18N2O/c20-17(8-4-7-14-5-2-1-3-6-14)19-12-10-15-9-11-18-13-16(15)19/h1-3,5-6,9,11,13H,4,7-8,10,12H2. The van der Waals surface area contributed by atoms with E-state index in [0.717, 1.165) is 31.5 Å². The van der Waals surface area contributed by atoms with E-state index in [4.69, 9.17) is 0 Å². The topological polar surface area (TPSA) is 33.2 Å². The third kappa shape index (κ3) is 2.72. The number of rotatable bonds is 4. The van der Waals surface area contributed by atoms with Crippen molar-refractivity contribution < 1.29 is 4.79 Å². The number of fused-ring (bicyclic) bond motifs is 1. The molecule has 0 bridgehead atoms. The molecule has 1 aliphatic heterocycles. The molecule has 1 aromatic heterocycles. The summed E-state index contributed by atoms with van der Waals surface area (Å²) >= 11 is 0. The fourth-order valence-corrected chi connectivity index (χ4v) is 2.70. The molecule has 0 radical (unpaired) electrons. The van der Waals surface area contributed by atoms with Gasteiger partial charge >= 0.3 is 0 Å². The monoisotopic (exact) mass is 266 g/mol. The molecule has 2 aromatic rings. The Morgan fingerprint density at radius 3 is 2.90 bits per heavy atom. The van der Waals surface area contributed by atoms with Crippen molar-refractivity contribution in [1.29, 1.82) is 0 Å². The second-order valence-corrected chi connectivity index (χ2v) is 5.14. The van der Waals surface area contributed by atoms with Gasteiger partial charge < -0.3 is 4.90 Å². The molecular weight excluding hydrogens is 248 g/mol. The predicted octanol–water partition coefficient (Wildman–Crippen LogP) is 2.99. The van der Waals surface area contributed by atoms with Crippen LogP contribution in [-0.4, -0.2) is 17.4 Å². The number of benzene rings is 1. The Morgan fingerprint density at radius 2 is 2.05 bits per heavy atom. The molecule has 1 aliphatic rings. The molecule has 0 unspecified atom stereocenters. The summed E-state index contributed by atoms with van der Waals surface area (Å²) in [5.41, 5.74) is 3.53. The van der Waals surface area contributed by atoms with Crippen molar-refractivity contribution >= 4 is 11.6 Å². The summed E-state index contributed by atoms with van der Waals surface area (Å²) in [4.78, 5) is 18.3. The number of carbonyl (C=O) groups excluding carboxylic acids is 1. The van der Waals surface area contributed by atoms with Crippen LogP contribution in [0.15, 0.2) is 48.8 Å². The van der Waals surface area contributed by atoms with E-state index in [9.17, 15) is 4.79 Å². The maximum Gasteiger partial charge on any atom is 0.227 e. The molecule has 3 heteroatoms. The highest BCUT2D eigenvalue weighted by atomic mass is 16.2. The van der Waals surface area contributed by atoms with E-state index in [-0.39, 0.29) is 5.91 Å². The average Bonchev–Trinajstić information content (AvgIpc) is 2.92. The lowest BCUT2D eigenvalue weighted by Gasteiger charge is -2.16. The van der Waals surface area contributed by atoms with Crippen molar-refractivity contribution in [2.24, 2.45) is 0 Å². The molecule has 102 valence electrons. The molecule has 3 rings (SSSR count). The van der Waals surface area contributed by atoms with Gasteiger partial charge in [0.25, 0.3) is 0 Å². The number of carbonyl (C=O) groups is 1. The summed E-state index contributed by atoms with van der Waals surface area (Å²) in [7, 11) is 0. The van der Waals surface area contributed by atoms with Crippen LogP contribution in [0.1, 0.15) is 24.0 Å². The molecule has 2 heterocycles. The van der Waals surface area contributed by atoms with Gasteiger partial charge in [-0.1, -0.05) is 30.3 Å². The van der Waals surface area contributed by atoms with Gasteiger partial charge in [-0.05, 0) is 36.5 Å². The summed E-state index contributed by atoms with van der Waals surface area (Å²) in [6.07, 6.45) is 7.00. The maximum atomic E-state index is 12.3. The lowest BCUT2D eigenvalue weighted by atomic mass is 10.1. The SMILES string of the molecule is O=C(CCCc1ccccc1)N1CCc2ccncc21. The van der Waals surface area contributed by atoms with Gasteiger partial charge in [0.05, 0.1) is 11.9 Å². The quantitative estimate of drug-likeness (QED) is 0.852. The van der Waals surface area contributed by atoms with E-state index in [1.54, 1.807) is 12.4 Å². The van der Waals surface area contributed by atoms with Crippen molar-refractivity contribution in [2.45, 2.75) is 25.7 Å². The molecule has 3 nitrogen and oxygen atoms in total. The number of aryl methyl sites for hydroxylation is 1. The molecule has 0 fully saturated rings. The number of nitrogens with zero attached hydrogens (tertiary/aromatic N) is 2. The summed E-state index contributed by atoms with van der Waals surface area (Å²) in [5.74, 6) is 0.215. The van der Waals surface area contributed by atoms with E-state index < -0.39 is 0 Å². The van der Waals surface area contributed by atoms with Crippen molar-refractivity contribution in [3.8, 4) is 0 Å². The number of hydrogen-bond acceptors (Lipinski definition) is 2. The van der Waals surface area contributed by atoms with Gasteiger partial charge in [-0.3, -0.25) is 9.78 Å². The third-order valence-electron chi connectivity index (χ3n) is 3.78. The molecule has 0 atom stereocenters. The van der Waals surface area contributed by atoms with E-state index >= 15 is 0 Å². The number of amides is 1. The Hall–Kier alpha value is -2.16. The highest BCUT2D eigenvalue weighted by Crippen LogP contribution is 2.27. The van der Waals surface area contributed by atoms with Crippen LogP contribution in [0.5, 0.6) is 0 Å². The second-order valence-electron chi connectivity index (χ2n) is 5.14. The van der Waals surface area contributed by atoms with Gasteiger partial charge in [-0.2, -0.15) is 0 Å². The average molecular weight is 266 g/mol. The zero-order valence-electron chi connectivity index (χ0n) is 11.5. The minimum absolute atomic E-state index is 0.215. The van der Waals surface area contributed by atoms with Crippen molar-refractivity contribution in [1.82, 2.24) is 4.98 Å². The highest BCUT2D eigenvalue weighted by Gasteiger charge is 2.23. The van der Waals surface area contributed by atoms with Gasteiger partial charge in [0.15, 0.2) is 0 Å². The number of anilines is 1. The van der Waals surface area contributed by atoms with Gasteiger partial charge in [-0.15, -0.1) is 0 Å². The van der Waals surface area contributed by atoms with Crippen LogP contribution in [-0.2, 0) is 17.6 Å². The highest BCUT2D eigenvalue weighted by molar-refractivity contribution is 5.95. The van der Waals surface area contributed by atoms with Crippen LogP contribution >= 0.6 is 0 Å². The van der Waals surface area contributed by atoms with Crippen LogP contribution in [0.3, 0.4) is 0 Å². The zero-order chi connectivity index (χ0) is 13.8. The second kappa shape index (κ2) is 5.87. The fraction of sp³-hybridized carbons (Fsp3) is 0.294. The molecule has 1 amide bonds. The lowest BCUT2D eigenvalue weighted by Crippen LogP contribution is -2.28. The lowest BCUT2D eigenvalue weighted by molar-refractivity contribution is -0.118. The zero-order valence-corrected chi connectivity index (χ0v) is 11.5. The number of aromatic nitrogens is 1. The number of pyridine rings is 1. The first-order valence-corrected chi connectivity index (χ1v) is 7.12. The maximum absolute atomic E-state index is 12.3. The van der Waals surface area contributed by atoms with Gasteiger partial charge in [0.2, 0.25) is 5.91 Å². The largest absolute Gasteiger partial charge is 0.310 e. The van der Waals surface area contributed by atoms with Crippen molar-refractivity contribution in [2.75, 3.05) is 11.4 Å². The normalized spacial score (nSPS) is 13.3. The molecule has 0 spiro atoms. The van der Waals surface area contributed by atoms with Gasteiger partial charge in [0, 0.05) is 19.2 Å². The summed E-state index contributed by atoms with van der Waals surface area (Å²) in [6.45, 7) is 0.797. The van der Waals surface area contributed by atoms with Crippen LogP contribution in [0.2, 0.25) is 0 Å². The first kappa shape index (κ1) is 12.9. The van der Waals surface area contributed by atoms with Crippen LogP contribution in [0.25, 0.3) is 0 Å². The Kier molecular flexibility index (Phi) is 3.77. The van der Waals surface area contributed by atoms with E-state index in [0.29, 0.717) is 6.42 Å². The Bertz CT molecular complexity index is 595. The first-order valence-electron chi connectivity index (χ1n) is 7.12. The van der Waals surface area contributed by atoms with Gasteiger partial charge in [-0.25, -0.2) is 0 Å². The smallest absolute Gasteiger partial charge is 0.227 e. The van der Waals surface area contributed by atoms with Crippen LogP contribution < -0.4 is 4.90 Å². The summed E-state index contributed by atoms with van der Waals surface area (Å²) in [5, 5.41) is 0. The first-order chi connectivity index (χ1) is 9.84. The molecular formula is C17H18N2O. The van der Waals surface area contributed by atoms with Crippen molar-refractivity contribution in [3.05, 3.63) is 59.9 Å².